The summed E-state index contributed by atoms with van der Waals surface area (Å²) in [6, 6.07) is 1.78. The molecule has 3 N–H and O–H groups in total. The van der Waals surface area contributed by atoms with Crippen molar-refractivity contribution >= 4 is 11.7 Å². The second kappa shape index (κ2) is 3.94. The molecule has 0 atom stereocenters. The van der Waals surface area contributed by atoms with Crippen molar-refractivity contribution in [2.24, 2.45) is 7.05 Å². The van der Waals surface area contributed by atoms with Gasteiger partial charge in [0.05, 0.1) is 5.56 Å². The summed E-state index contributed by atoms with van der Waals surface area (Å²) in [6.45, 7) is 3.23. The number of nitrogens with two attached hydrogens (primary N) is 1. The summed E-state index contributed by atoms with van der Waals surface area (Å²) in [5.74, 6) is 0.577. The Morgan fingerprint density at radius 1 is 1.47 bits per heavy atom. The average molecular weight is 208 g/mol. The first-order valence-electron chi connectivity index (χ1n) is 5.11. The summed E-state index contributed by atoms with van der Waals surface area (Å²) >= 11 is 0. The van der Waals surface area contributed by atoms with Gasteiger partial charge in [0.2, 0.25) is 0 Å². The highest BCUT2D eigenvalue weighted by molar-refractivity contribution is 5.98. The van der Waals surface area contributed by atoms with Crippen LogP contribution in [-0.2, 0) is 7.05 Å². The highest BCUT2D eigenvalue weighted by Gasteiger charge is 2.20. The van der Waals surface area contributed by atoms with Crippen molar-refractivity contribution in [1.29, 1.82) is 0 Å². The molecular weight excluding hydrogens is 192 g/mol. The number of aromatic nitrogens is 1. The molecule has 1 aromatic heterocycles. The molecule has 1 amide bonds. The second-order valence-electron chi connectivity index (χ2n) is 3.77. The van der Waals surface area contributed by atoms with Crippen LogP contribution in [0.2, 0.25) is 0 Å². The quantitative estimate of drug-likeness (QED) is 0.663. The van der Waals surface area contributed by atoms with Crippen molar-refractivity contribution in [2.45, 2.75) is 0 Å². The number of nitrogens with one attached hydrogen (secondary N) is 1. The van der Waals surface area contributed by atoms with Gasteiger partial charge in [-0.25, -0.2) is 0 Å². The van der Waals surface area contributed by atoms with Gasteiger partial charge in [-0.2, -0.15) is 0 Å². The van der Waals surface area contributed by atoms with Crippen LogP contribution in [0, 0.1) is 0 Å². The highest BCUT2D eigenvalue weighted by atomic mass is 16.2. The van der Waals surface area contributed by atoms with E-state index >= 15 is 0 Å². The molecule has 1 aromatic rings. The molecule has 1 aliphatic rings. The Kier molecular flexibility index (Phi) is 2.64. The van der Waals surface area contributed by atoms with E-state index in [9.17, 15) is 4.79 Å². The Morgan fingerprint density at radius 2 is 2.13 bits per heavy atom. The van der Waals surface area contributed by atoms with Crippen LogP contribution in [-0.4, -0.2) is 41.6 Å². The molecule has 0 bridgehead atoms. The van der Waals surface area contributed by atoms with Crippen molar-refractivity contribution in [3.8, 4) is 0 Å². The van der Waals surface area contributed by atoms with E-state index < -0.39 is 0 Å². The van der Waals surface area contributed by atoms with Gasteiger partial charge in [-0.1, -0.05) is 0 Å². The predicted octanol–water partition coefficient (Wildman–Crippen LogP) is -0.347. The molecule has 0 aliphatic carbocycles. The first kappa shape index (κ1) is 10.0. The zero-order valence-electron chi connectivity index (χ0n) is 8.86. The maximum Gasteiger partial charge on any atom is 0.257 e. The molecule has 0 aromatic carbocycles. The fourth-order valence-electron chi connectivity index (χ4n) is 1.76. The first-order chi connectivity index (χ1) is 7.20. The number of rotatable bonds is 1. The molecular formula is C10H16N4O. The molecule has 5 nitrogen and oxygen atoms in total. The number of hydrogen-bond acceptors (Lipinski definition) is 3. The summed E-state index contributed by atoms with van der Waals surface area (Å²) in [4.78, 5) is 13.9. The summed E-state index contributed by atoms with van der Waals surface area (Å²) in [5.41, 5.74) is 6.42. The lowest BCUT2D eigenvalue weighted by Gasteiger charge is -2.27. The van der Waals surface area contributed by atoms with E-state index in [1.54, 1.807) is 10.6 Å². The zero-order valence-corrected chi connectivity index (χ0v) is 8.86. The van der Waals surface area contributed by atoms with Gasteiger partial charge in [-0.3, -0.25) is 4.79 Å². The molecule has 1 aliphatic heterocycles. The minimum absolute atomic E-state index is 0.0367. The van der Waals surface area contributed by atoms with Crippen LogP contribution in [0.5, 0.6) is 0 Å². The number of carbonyl (C=O) groups is 1. The number of aryl methyl sites for hydroxylation is 1. The van der Waals surface area contributed by atoms with Crippen LogP contribution >= 0.6 is 0 Å². The number of hydrogen-bond donors (Lipinski definition) is 2. The van der Waals surface area contributed by atoms with E-state index in [-0.39, 0.29) is 5.91 Å². The van der Waals surface area contributed by atoms with Crippen molar-refractivity contribution in [3.05, 3.63) is 17.8 Å². The monoisotopic (exact) mass is 208 g/mol. The molecule has 2 heterocycles. The molecule has 1 saturated heterocycles. The predicted molar refractivity (Wildman–Crippen MR) is 58.6 cm³/mol. The highest BCUT2D eigenvalue weighted by Crippen LogP contribution is 2.14. The lowest BCUT2D eigenvalue weighted by molar-refractivity contribution is 0.0737. The largest absolute Gasteiger partial charge is 0.384 e. The minimum atomic E-state index is 0.0367. The van der Waals surface area contributed by atoms with E-state index in [0.717, 1.165) is 26.2 Å². The van der Waals surface area contributed by atoms with E-state index in [1.165, 1.54) is 0 Å². The third-order valence-corrected chi connectivity index (χ3v) is 2.76. The SMILES string of the molecule is Cn1ccc(C(=O)N2CCNCC2)c1N. The number of amides is 1. The van der Waals surface area contributed by atoms with Gasteiger partial charge in [0.15, 0.2) is 0 Å². The van der Waals surface area contributed by atoms with Crippen molar-refractivity contribution in [2.75, 3.05) is 31.9 Å². The molecule has 5 heteroatoms. The van der Waals surface area contributed by atoms with E-state index in [4.69, 9.17) is 5.73 Å². The molecule has 1 fully saturated rings. The Morgan fingerprint density at radius 3 is 2.67 bits per heavy atom. The summed E-state index contributed by atoms with van der Waals surface area (Å²) in [7, 11) is 1.84. The summed E-state index contributed by atoms with van der Waals surface area (Å²) < 4.78 is 1.76. The van der Waals surface area contributed by atoms with Crippen LogP contribution in [0.3, 0.4) is 0 Å². The van der Waals surface area contributed by atoms with Gasteiger partial charge in [-0.15, -0.1) is 0 Å². The maximum absolute atomic E-state index is 12.0. The topological polar surface area (TPSA) is 63.3 Å². The molecule has 0 radical (unpaired) electrons. The fraction of sp³-hybridized carbons (Fsp3) is 0.500. The Bertz CT molecular complexity index is 365. The second-order valence-corrected chi connectivity index (χ2v) is 3.77. The molecule has 2 rings (SSSR count). The third-order valence-electron chi connectivity index (χ3n) is 2.76. The van der Waals surface area contributed by atoms with Gasteiger partial charge in [0.1, 0.15) is 5.82 Å². The summed E-state index contributed by atoms with van der Waals surface area (Å²) in [6.07, 6.45) is 1.81. The molecule has 0 saturated carbocycles. The van der Waals surface area contributed by atoms with Gasteiger partial charge >= 0.3 is 0 Å². The fourth-order valence-corrected chi connectivity index (χ4v) is 1.76. The smallest absolute Gasteiger partial charge is 0.257 e. The maximum atomic E-state index is 12.0. The minimum Gasteiger partial charge on any atom is -0.384 e. The Hall–Kier alpha value is -1.49. The number of carbonyl (C=O) groups excluding carboxylic acids is 1. The first-order valence-corrected chi connectivity index (χ1v) is 5.11. The summed E-state index contributed by atoms with van der Waals surface area (Å²) in [5, 5.41) is 3.21. The van der Waals surface area contributed by atoms with E-state index in [0.29, 0.717) is 11.4 Å². The van der Waals surface area contributed by atoms with Crippen molar-refractivity contribution in [1.82, 2.24) is 14.8 Å². The number of anilines is 1. The van der Waals surface area contributed by atoms with Gasteiger partial charge in [-0.05, 0) is 6.07 Å². The van der Waals surface area contributed by atoms with Gasteiger partial charge in [0, 0.05) is 39.4 Å². The van der Waals surface area contributed by atoms with Crippen molar-refractivity contribution < 1.29 is 4.79 Å². The van der Waals surface area contributed by atoms with Crippen LogP contribution in [0.15, 0.2) is 12.3 Å². The zero-order chi connectivity index (χ0) is 10.8. The van der Waals surface area contributed by atoms with Crippen molar-refractivity contribution in [3.63, 3.8) is 0 Å². The Balaban J connectivity index is 2.16. The average Bonchev–Trinajstić information content (AvgIpc) is 2.60. The number of nitrogen functional groups attached to an aromatic ring is 1. The molecule has 0 unspecified atom stereocenters. The standard InChI is InChI=1S/C10H16N4O/c1-13-5-2-8(9(13)11)10(15)14-6-3-12-4-7-14/h2,5,12H,3-4,6-7,11H2,1H3. The van der Waals surface area contributed by atoms with Crippen LogP contribution in [0.25, 0.3) is 0 Å². The Labute approximate surface area is 88.8 Å². The van der Waals surface area contributed by atoms with E-state index in [1.807, 2.05) is 18.1 Å². The van der Waals surface area contributed by atoms with E-state index in [2.05, 4.69) is 5.32 Å². The molecule has 82 valence electrons. The lowest BCUT2D eigenvalue weighted by Crippen LogP contribution is -2.46. The molecule has 15 heavy (non-hydrogen) atoms. The molecule has 0 spiro atoms. The normalized spacial score (nSPS) is 16.7. The van der Waals surface area contributed by atoms with Crippen LogP contribution in [0.4, 0.5) is 5.82 Å². The van der Waals surface area contributed by atoms with Crippen LogP contribution < -0.4 is 11.1 Å². The van der Waals surface area contributed by atoms with Gasteiger partial charge < -0.3 is 20.5 Å². The van der Waals surface area contributed by atoms with Gasteiger partial charge in [0.25, 0.3) is 5.91 Å². The number of nitrogens with zero attached hydrogens (tertiary/aromatic N) is 2. The lowest BCUT2D eigenvalue weighted by atomic mass is 10.2. The number of piperazine rings is 1. The third kappa shape index (κ3) is 1.83. The van der Waals surface area contributed by atoms with Crippen LogP contribution in [0.1, 0.15) is 10.4 Å².